The van der Waals surface area contributed by atoms with Crippen LogP contribution in [0.4, 0.5) is 17.3 Å². The summed E-state index contributed by atoms with van der Waals surface area (Å²) in [6.45, 7) is 2.03. The largest absolute Gasteiger partial charge is 0.373 e. The van der Waals surface area contributed by atoms with E-state index >= 15 is 0 Å². The molecule has 0 saturated carbocycles. The molecule has 1 heterocycles. The summed E-state index contributed by atoms with van der Waals surface area (Å²) in [7, 11) is 1.84. The van der Waals surface area contributed by atoms with Crippen molar-refractivity contribution < 1.29 is 0 Å². The molecule has 0 fully saturated rings. The third-order valence-electron chi connectivity index (χ3n) is 2.39. The first-order valence-corrected chi connectivity index (χ1v) is 5.75. The molecule has 1 aromatic carbocycles. The van der Waals surface area contributed by atoms with Gasteiger partial charge in [-0.3, -0.25) is 0 Å². The molecule has 17 heavy (non-hydrogen) atoms. The molecule has 88 valence electrons. The Labute approximate surface area is 106 Å². The molecule has 0 spiro atoms. The second kappa shape index (κ2) is 5.06. The zero-order valence-electron chi connectivity index (χ0n) is 9.79. The summed E-state index contributed by atoms with van der Waals surface area (Å²) >= 11 is 6.11. The maximum atomic E-state index is 6.11. The number of aromatic nitrogens is 1. The van der Waals surface area contributed by atoms with Gasteiger partial charge in [-0.2, -0.15) is 0 Å². The van der Waals surface area contributed by atoms with Gasteiger partial charge in [-0.25, -0.2) is 4.98 Å². The van der Waals surface area contributed by atoms with Crippen molar-refractivity contribution in [2.24, 2.45) is 0 Å². The minimum Gasteiger partial charge on any atom is -0.373 e. The van der Waals surface area contributed by atoms with E-state index in [1.807, 2.05) is 50.4 Å². The summed E-state index contributed by atoms with van der Waals surface area (Å²) in [5.74, 6) is 1.59. The Morgan fingerprint density at radius 2 is 1.88 bits per heavy atom. The molecular weight excluding hydrogens is 234 g/mol. The van der Waals surface area contributed by atoms with Crippen LogP contribution in [-0.2, 0) is 0 Å². The first-order chi connectivity index (χ1) is 8.19. The molecule has 0 aliphatic heterocycles. The molecule has 0 amide bonds. The Morgan fingerprint density at radius 3 is 2.65 bits per heavy atom. The van der Waals surface area contributed by atoms with Crippen molar-refractivity contribution in [3.8, 4) is 0 Å². The van der Waals surface area contributed by atoms with E-state index < -0.39 is 0 Å². The maximum absolute atomic E-state index is 6.11. The highest BCUT2D eigenvalue weighted by molar-refractivity contribution is 6.33. The van der Waals surface area contributed by atoms with Gasteiger partial charge in [0.15, 0.2) is 0 Å². The standard InChI is InChI=1S/C13H14ClN3/c1-9-6-7-10(14)11(8-9)16-13-5-3-4-12(15-2)17-13/h3-8H,1-2H3,(H2,15,16,17). The number of halogens is 1. The van der Waals surface area contributed by atoms with Crippen LogP contribution in [0.1, 0.15) is 5.56 Å². The third kappa shape index (κ3) is 2.88. The van der Waals surface area contributed by atoms with Crippen LogP contribution in [0.5, 0.6) is 0 Å². The van der Waals surface area contributed by atoms with Gasteiger partial charge in [0, 0.05) is 7.05 Å². The van der Waals surface area contributed by atoms with E-state index in [0.29, 0.717) is 5.02 Å². The van der Waals surface area contributed by atoms with Gasteiger partial charge in [0.2, 0.25) is 0 Å². The lowest BCUT2D eigenvalue weighted by molar-refractivity contribution is 1.27. The maximum Gasteiger partial charge on any atom is 0.132 e. The quantitative estimate of drug-likeness (QED) is 0.866. The predicted octanol–water partition coefficient (Wildman–Crippen LogP) is 3.83. The fourth-order valence-corrected chi connectivity index (χ4v) is 1.68. The number of nitrogens with one attached hydrogen (secondary N) is 2. The first-order valence-electron chi connectivity index (χ1n) is 5.37. The van der Waals surface area contributed by atoms with Gasteiger partial charge < -0.3 is 10.6 Å². The van der Waals surface area contributed by atoms with Crippen molar-refractivity contribution in [3.63, 3.8) is 0 Å². The Bertz CT molecular complexity index is 526. The Hall–Kier alpha value is -1.74. The molecule has 0 saturated heterocycles. The minimum atomic E-state index is 0.687. The number of benzene rings is 1. The van der Waals surface area contributed by atoms with Crippen molar-refractivity contribution in [1.29, 1.82) is 0 Å². The lowest BCUT2D eigenvalue weighted by Gasteiger charge is -2.09. The average Bonchev–Trinajstić information content (AvgIpc) is 2.34. The highest BCUT2D eigenvalue weighted by Crippen LogP contribution is 2.25. The summed E-state index contributed by atoms with van der Waals surface area (Å²) < 4.78 is 0. The van der Waals surface area contributed by atoms with E-state index in [9.17, 15) is 0 Å². The van der Waals surface area contributed by atoms with E-state index in [1.165, 1.54) is 0 Å². The topological polar surface area (TPSA) is 37.0 Å². The molecule has 2 N–H and O–H groups in total. The van der Waals surface area contributed by atoms with E-state index in [0.717, 1.165) is 22.9 Å². The molecule has 0 atom stereocenters. The van der Waals surface area contributed by atoms with Crippen LogP contribution in [0.25, 0.3) is 0 Å². The van der Waals surface area contributed by atoms with E-state index in [2.05, 4.69) is 15.6 Å². The van der Waals surface area contributed by atoms with E-state index in [-0.39, 0.29) is 0 Å². The lowest BCUT2D eigenvalue weighted by Crippen LogP contribution is -1.98. The summed E-state index contributed by atoms with van der Waals surface area (Å²) in [5, 5.41) is 6.89. The molecule has 2 rings (SSSR count). The lowest BCUT2D eigenvalue weighted by atomic mass is 10.2. The monoisotopic (exact) mass is 247 g/mol. The Balaban J connectivity index is 2.27. The first kappa shape index (κ1) is 11.7. The van der Waals surface area contributed by atoms with Gasteiger partial charge in [-0.05, 0) is 36.8 Å². The molecule has 2 aromatic rings. The number of aryl methyl sites for hydroxylation is 1. The molecule has 4 heteroatoms. The molecule has 1 aromatic heterocycles. The number of hydrogen-bond donors (Lipinski definition) is 2. The zero-order chi connectivity index (χ0) is 12.3. The van der Waals surface area contributed by atoms with E-state index in [1.54, 1.807) is 0 Å². The second-order valence-corrected chi connectivity index (χ2v) is 4.17. The van der Waals surface area contributed by atoms with Crippen LogP contribution >= 0.6 is 11.6 Å². The van der Waals surface area contributed by atoms with Crippen LogP contribution in [-0.4, -0.2) is 12.0 Å². The van der Waals surface area contributed by atoms with Crippen LogP contribution in [0.3, 0.4) is 0 Å². The van der Waals surface area contributed by atoms with Gasteiger partial charge in [0.1, 0.15) is 11.6 Å². The minimum absolute atomic E-state index is 0.687. The molecular formula is C13H14ClN3. The summed E-state index contributed by atoms with van der Waals surface area (Å²) in [4.78, 5) is 4.38. The molecule has 0 radical (unpaired) electrons. The van der Waals surface area contributed by atoms with Crippen molar-refractivity contribution in [3.05, 3.63) is 47.0 Å². The second-order valence-electron chi connectivity index (χ2n) is 3.77. The van der Waals surface area contributed by atoms with Crippen molar-refractivity contribution in [1.82, 2.24) is 4.98 Å². The van der Waals surface area contributed by atoms with Gasteiger partial charge >= 0.3 is 0 Å². The van der Waals surface area contributed by atoms with Crippen molar-refractivity contribution in [2.75, 3.05) is 17.7 Å². The number of hydrogen-bond acceptors (Lipinski definition) is 3. The van der Waals surface area contributed by atoms with Crippen molar-refractivity contribution >= 4 is 28.9 Å². The van der Waals surface area contributed by atoms with Crippen LogP contribution in [0.2, 0.25) is 5.02 Å². The fourth-order valence-electron chi connectivity index (χ4n) is 1.52. The molecule has 0 aliphatic rings. The normalized spacial score (nSPS) is 10.1. The van der Waals surface area contributed by atoms with E-state index in [4.69, 9.17) is 11.6 Å². The molecule has 0 aliphatic carbocycles. The number of anilines is 3. The van der Waals surface area contributed by atoms with Gasteiger partial charge in [-0.1, -0.05) is 23.7 Å². The average molecular weight is 248 g/mol. The zero-order valence-corrected chi connectivity index (χ0v) is 10.5. The highest BCUT2D eigenvalue weighted by Gasteiger charge is 2.02. The third-order valence-corrected chi connectivity index (χ3v) is 2.72. The molecule has 0 bridgehead atoms. The number of pyridine rings is 1. The van der Waals surface area contributed by atoms with Gasteiger partial charge in [0.25, 0.3) is 0 Å². The number of nitrogens with zero attached hydrogens (tertiary/aromatic N) is 1. The summed E-state index contributed by atoms with van der Waals surface area (Å²) in [6.07, 6.45) is 0. The van der Waals surface area contributed by atoms with Crippen LogP contribution < -0.4 is 10.6 Å². The van der Waals surface area contributed by atoms with Crippen LogP contribution in [0.15, 0.2) is 36.4 Å². The highest BCUT2D eigenvalue weighted by atomic mass is 35.5. The SMILES string of the molecule is CNc1cccc(Nc2cc(C)ccc2Cl)n1. The number of rotatable bonds is 3. The summed E-state index contributed by atoms with van der Waals surface area (Å²) in [5.41, 5.74) is 2.02. The van der Waals surface area contributed by atoms with Gasteiger partial charge in [-0.15, -0.1) is 0 Å². The fraction of sp³-hybridized carbons (Fsp3) is 0.154. The summed E-state index contributed by atoms with van der Waals surface area (Å²) in [6, 6.07) is 11.6. The predicted molar refractivity (Wildman–Crippen MR) is 73.3 cm³/mol. The Morgan fingerprint density at radius 1 is 1.12 bits per heavy atom. The molecule has 0 unspecified atom stereocenters. The van der Waals surface area contributed by atoms with Crippen LogP contribution in [0, 0.1) is 6.92 Å². The van der Waals surface area contributed by atoms with Gasteiger partial charge in [0.05, 0.1) is 10.7 Å². The van der Waals surface area contributed by atoms with Crippen molar-refractivity contribution in [2.45, 2.75) is 6.92 Å². The smallest absolute Gasteiger partial charge is 0.132 e. The molecule has 3 nitrogen and oxygen atoms in total. The Kier molecular flexibility index (Phi) is 3.49.